The van der Waals surface area contributed by atoms with E-state index in [1.165, 1.54) is 19.3 Å². The minimum Gasteiger partial charge on any atom is -0.329 e. The average Bonchev–Trinajstić information content (AvgIpc) is 2.15. The topological polar surface area (TPSA) is 20.3 Å². The summed E-state index contributed by atoms with van der Waals surface area (Å²) in [6.07, 6.45) is 11.3. The molecule has 0 heterocycles. The maximum Gasteiger partial charge on any atom is 0.220 e. The summed E-state index contributed by atoms with van der Waals surface area (Å²) in [7, 11) is 0. The Bertz CT molecular complexity index is 211. The Morgan fingerprint density at radius 1 is 1.46 bits per heavy atom. The monoisotopic (exact) mass is 179 g/mol. The average molecular weight is 179 g/mol. The van der Waals surface area contributed by atoms with Crippen LogP contribution in [0.1, 0.15) is 39.0 Å². The maximum absolute atomic E-state index is 11.3. The van der Waals surface area contributed by atoms with E-state index < -0.39 is 0 Å². The quantitative estimate of drug-likeness (QED) is 0.592. The molecule has 72 valence electrons. The molecule has 0 aromatic heterocycles. The summed E-state index contributed by atoms with van der Waals surface area (Å²) in [5.41, 5.74) is 0. The Balaban J connectivity index is 2.52. The van der Waals surface area contributed by atoms with Gasteiger partial charge >= 0.3 is 0 Å². The van der Waals surface area contributed by atoms with E-state index in [2.05, 4.69) is 5.92 Å². The van der Waals surface area contributed by atoms with Crippen molar-refractivity contribution >= 4 is 5.91 Å². The van der Waals surface area contributed by atoms with Gasteiger partial charge in [0, 0.05) is 13.0 Å². The lowest BCUT2D eigenvalue weighted by Gasteiger charge is -2.32. The molecule has 0 unspecified atom stereocenters. The molecule has 13 heavy (non-hydrogen) atoms. The van der Waals surface area contributed by atoms with Crippen LogP contribution in [0.5, 0.6) is 0 Å². The Morgan fingerprint density at radius 2 is 2.08 bits per heavy atom. The molecule has 0 aliphatic heterocycles. The molecule has 0 aromatic carbocycles. The van der Waals surface area contributed by atoms with Crippen molar-refractivity contribution in [3.8, 4) is 12.3 Å². The van der Waals surface area contributed by atoms with Crippen LogP contribution in [0.15, 0.2) is 0 Å². The fourth-order valence-corrected chi connectivity index (χ4v) is 1.99. The summed E-state index contributed by atoms with van der Waals surface area (Å²) in [5.74, 6) is 2.67. The van der Waals surface area contributed by atoms with E-state index in [1.807, 2.05) is 4.90 Å². The lowest BCUT2D eigenvalue weighted by molar-refractivity contribution is -0.131. The van der Waals surface area contributed by atoms with Crippen molar-refractivity contribution in [1.29, 1.82) is 0 Å². The van der Waals surface area contributed by atoms with Crippen LogP contribution in [-0.2, 0) is 4.79 Å². The van der Waals surface area contributed by atoms with Gasteiger partial charge in [0.2, 0.25) is 5.91 Å². The van der Waals surface area contributed by atoms with Crippen molar-refractivity contribution in [2.45, 2.75) is 45.1 Å². The molecule has 0 atom stereocenters. The Hall–Kier alpha value is -0.970. The van der Waals surface area contributed by atoms with Gasteiger partial charge in [-0.25, -0.2) is 0 Å². The molecule has 1 aliphatic carbocycles. The smallest absolute Gasteiger partial charge is 0.220 e. The van der Waals surface area contributed by atoms with Gasteiger partial charge in [-0.15, -0.1) is 6.42 Å². The van der Waals surface area contributed by atoms with Gasteiger partial charge in [0.05, 0.1) is 6.54 Å². The molecule has 0 aromatic rings. The Morgan fingerprint density at radius 3 is 2.54 bits per heavy atom. The molecule has 2 nitrogen and oxygen atoms in total. The van der Waals surface area contributed by atoms with Gasteiger partial charge in [0.1, 0.15) is 0 Å². The summed E-state index contributed by atoms with van der Waals surface area (Å²) < 4.78 is 0. The van der Waals surface area contributed by atoms with Gasteiger partial charge in [-0.2, -0.15) is 0 Å². The first kappa shape index (κ1) is 10.1. The second-order valence-electron chi connectivity index (χ2n) is 3.64. The number of carbonyl (C=O) groups excluding carboxylic acids is 1. The molecular formula is C11H17NO. The van der Waals surface area contributed by atoms with Crippen LogP contribution in [-0.4, -0.2) is 23.4 Å². The Labute approximate surface area is 80.3 Å². The van der Waals surface area contributed by atoms with Crippen LogP contribution in [0.25, 0.3) is 0 Å². The second-order valence-corrected chi connectivity index (χ2v) is 3.64. The van der Waals surface area contributed by atoms with Gasteiger partial charge in [-0.1, -0.05) is 25.2 Å². The van der Waals surface area contributed by atoms with Gasteiger partial charge < -0.3 is 4.90 Å². The summed E-state index contributed by atoms with van der Waals surface area (Å²) in [4.78, 5) is 13.1. The van der Waals surface area contributed by atoms with E-state index in [-0.39, 0.29) is 5.91 Å². The zero-order valence-electron chi connectivity index (χ0n) is 8.25. The summed E-state index contributed by atoms with van der Waals surface area (Å²) in [6, 6.07) is 0.405. The standard InChI is InChI=1S/C11H17NO/c1-3-9-12(10(2)13)11-7-5-4-6-8-11/h1,11H,4-9H2,2H3. The van der Waals surface area contributed by atoms with E-state index in [0.29, 0.717) is 12.6 Å². The third kappa shape index (κ3) is 2.77. The number of hydrogen-bond acceptors (Lipinski definition) is 1. The molecule has 1 saturated carbocycles. The molecule has 1 rings (SSSR count). The zero-order chi connectivity index (χ0) is 9.68. The second kappa shape index (κ2) is 4.91. The van der Waals surface area contributed by atoms with Crippen molar-refractivity contribution in [2.75, 3.05) is 6.54 Å². The first-order chi connectivity index (χ1) is 6.25. The number of nitrogens with zero attached hydrogens (tertiary/aromatic N) is 1. The third-order valence-corrected chi connectivity index (χ3v) is 2.68. The summed E-state index contributed by atoms with van der Waals surface area (Å²) in [6.45, 7) is 2.08. The van der Waals surface area contributed by atoms with Crippen molar-refractivity contribution in [1.82, 2.24) is 4.90 Å². The first-order valence-electron chi connectivity index (χ1n) is 4.96. The molecule has 0 radical (unpaired) electrons. The molecule has 0 N–H and O–H groups in total. The number of hydrogen-bond donors (Lipinski definition) is 0. The number of amides is 1. The van der Waals surface area contributed by atoms with E-state index in [1.54, 1.807) is 6.92 Å². The molecule has 0 saturated heterocycles. The van der Waals surface area contributed by atoms with Crippen molar-refractivity contribution < 1.29 is 4.79 Å². The Kier molecular flexibility index (Phi) is 3.82. The van der Waals surface area contributed by atoms with Crippen LogP contribution < -0.4 is 0 Å². The van der Waals surface area contributed by atoms with Gasteiger partial charge in [0.15, 0.2) is 0 Å². The first-order valence-corrected chi connectivity index (χ1v) is 4.96. The van der Waals surface area contributed by atoms with Crippen LogP contribution in [0.4, 0.5) is 0 Å². The molecule has 0 bridgehead atoms. The summed E-state index contributed by atoms with van der Waals surface area (Å²) >= 11 is 0. The van der Waals surface area contributed by atoms with E-state index in [0.717, 1.165) is 12.8 Å². The lowest BCUT2D eigenvalue weighted by atomic mass is 9.94. The highest BCUT2D eigenvalue weighted by molar-refractivity contribution is 5.73. The molecule has 1 aliphatic rings. The van der Waals surface area contributed by atoms with Crippen LogP contribution in [0, 0.1) is 12.3 Å². The molecular weight excluding hydrogens is 162 g/mol. The zero-order valence-corrected chi connectivity index (χ0v) is 8.25. The summed E-state index contributed by atoms with van der Waals surface area (Å²) in [5, 5.41) is 0. The fourth-order valence-electron chi connectivity index (χ4n) is 1.99. The van der Waals surface area contributed by atoms with E-state index >= 15 is 0 Å². The molecule has 1 amide bonds. The predicted octanol–water partition coefficient (Wildman–Crippen LogP) is 1.80. The van der Waals surface area contributed by atoms with Gasteiger partial charge in [0.25, 0.3) is 0 Å². The van der Waals surface area contributed by atoms with Crippen molar-refractivity contribution in [3.05, 3.63) is 0 Å². The SMILES string of the molecule is C#CCN(C(C)=O)C1CCCCC1. The number of rotatable bonds is 2. The number of terminal acetylenes is 1. The minimum absolute atomic E-state index is 0.116. The minimum atomic E-state index is 0.116. The highest BCUT2D eigenvalue weighted by Crippen LogP contribution is 2.22. The van der Waals surface area contributed by atoms with Crippen LogP contribution >= 0.6 is 0 Å². The van der Waals surface area contributed by atoms with Crippen molar-refractivity contribution in [3.63, 3.8) is 0 Å². The third-order valence-electron chi connectivity index (χ3n) is 2.68. The van der Waals surface area contributed by atoms with Crippen LogP contribution in [0.3, 0.4) is 0 Å². The fraction of sp³-hybridized carbons (Fsp3) is 0.727. The number of carbonyl (C=O) groups is 1. The normalized spacial score (nSPS) is 17.8. The molecule has 0 spiro atoms. The highest BCUT2D eigenvalue weighted by atomic mass is 16.2. The highest BCUT2D eigenvalue weighted by Gasteiger charge is 2.21. The maximum atomic E-state index is 11.3. The predicted molar refractivity (Wildman–Crippen MR) is 53.1 cm³/mol. The molecule has 1 fully saturated rings. The van der Waals surface area contributed by atoms with E-state index in [9.17, 15) is 4.79 Å². The van der Waals surface area contributed by atoms with E-state index in [4.69, 9.17) is 6.42 Å². The van der Waals surface area contributed by atoms with Crippen molar-refractivity contribution in [2.24, 2.45) is 0 Å². The van der Waals surface area contributed by atoms with Crippen LogP contribution in [0.2, 0.25) is 0 Å². The largest absolute Gasteiger partial charge is 0.329 e. The van der Waals surface area contributed by atoms with Gasteiger partial charge in [-0.05, 0) is 12.8 Å². The molecule has 2 heteroatoms. The van der Waals surface area contributed by atoms with Gasteiger partial charge in [-0.3, -0.25) is 4.79 Å². The lowest BCUT2D eigenvalue weighted by Crippen LogP contribution is -2.40.